The summed E-state index contributed by atoms with van der Waals surface area (Å²) in [5.74, 6) is 1.71. The number of carbonyl (C=O) groups is 1. The van der Waals surface area contributed by atoms with Gasteiger partial charge in [-0.3, -0.25) is 0 Å². The van der Waals surface area contributed by atoms with E-state index in [4.69, 9.17) is 0 Å². The van der Waals surface area contributed by atoms with Gasteiger partial charge in [0.25, 0.3) is 0 Å². The number of rotatable bonds is 4. The summed E-state index contributed by atoms with van der Waals surface area (Å²) in [6, 6.07) is 0. The van der Waals surface area contributed by atoms with E-state index in [0.717, 1.165) is 31.2 Å². The number of hydrogen-bond acceptors (Lipinski definition) is 2. The van der Waals surface area contributed by atoms with Crippen LogP contribution in [0, 0.1) is 17.3 Å². The summed E-state index contributed by atoms with van der Waals surface area (Å²) in [7, 11) is 0. The number of carbonyl (C=O) groups excluding carboxylic acids is 1. The molecule has 0 radical (unpaired) electrons. The van der Waals surface area contributed by atoms with E-state index in [2.05, 4.69) is 18.7 Å². The van der Waals surface area contributed by atoms with Crippen LogP contribution in [-0.4, -0.2) is 30.8 Å². The van der Waals surface area contributed by atoms with E-state index < -0.39 is 0 Å². The minimum atomic E-state index is 0.0116. The van der Waals surface area contributed by atoms with Crippen LogP contribution >= 0.6 is 0 Å². The van der Waals surface area contributed by atoms with Crippen LogP contribution < -0.4 is 0 Å². The van der Waals surface area contributed by atoms with Crippen molar-refractivity contribution >= 4 is 6.29 Å². The Balaban J connectivity index is 1.88. The van der Waals surface area contributed by atoms with Gasteiger partial charge >= 0.3 is 0 Å². The molecule has 1 saturated carbocycles. The lowest BCUT2D eigenvalue weighted by molar-refractivity contribution is -0.117. The Hall–Kier alpha value is -0.370. The van der Waals surface area contributed by atoms with E-state index in [1.54, 1.807) is 0 Å². The molecule has 0 spiro atoms. The first-order valence-electron chi connectivity index (χ1n) is 7.84. The molecule has 0 aromatic rings. The van der Waals surface area contributed by atoms with Crippen molar-refractivity contribution in [3.63, 3.8) is 0 Å². The second kappa shape index (κ2) is 6.18. The fourth-order valence-corrected chi connectivity index (χ4v) is 3.84. The first-order valence-corrected chi connectivity index (χ1v) is 7.84. The third kappa shape index (κ3) is 3.34. The van der Waals surface area contributed by atoms with Gasteiger partial charge in [-0.2, -0.15) is 0 Å². The van der Waals surface area contributed by atoms with Gasteiger partial charge in [0.2, 0.25) is 0 Å². The Morgan fingerprint density at radius 1 is 1.17 bits per heavy atom. The van der Waals surface area contributed by atoms with E-state index >= 15 is 0 Å². The number of likely N-dealkylation sites (tertiary alicyclic amines) is 1. The summed E-state index contributed by atoms with van der Waals surface area (Å²) in [5.41, 5.74) is 0.0116. The minimum absolute atomic E-state index is 0.0116. The molecule has 2 fully saturated rings. The van der Waals surface area contributed by atoms with Crippen LogP contribution in [0.2, 0.25) is 0 Å². The van der Waals surface area contributed by atoms with Gasteiger partial charge in [0.1, 0.15) is 6.29 Å². The van der Waals surface area contributed by atoms with Gasteiger partial charge in [-0.1, -0.05) is 26.7 Å². The molecule has 1 aliphatic heterocycles. The average Bonchev–Trinajstić information content (AvgIpc) is 2.69. The molecular formula is C16H29NO. The molecular weight excluding hydrogens is 222 g/mol. The number of nitrogens with zero attached hydrogens (tertiary/aromatic N) is 1. The van der Waals surface area contributed by atoms with Crippen LogP contribution in [0.25, 0.3) is 0 Å². The summed E-state index contributed by atoms with van der Waals surface area (Å²) in [6.07, 6.45) is 10.0. The molecule has 2 aliphatic rings. The van der Waals surface area contributed by atoms with Crippen molar-refractivity contribution in [3.05, 3.63) is 0 Å². The van der Waals surface area contributed by atoms with Crippen LogP contribution in [0.3, 0.4) is 0 Å². The lowest BCUT2D eigenvalue weighted by atomic mass is 9.87. The average molecular weight is 251 g/mol. The highest BCUT2D eigenvalue weighted by Gasteiger charge is 2.35. The quantitative estimate of drug-likeness (QED) is 0.713. The van der Waals surface area contributed by atoms with Gasteiger partial charge in [-0.25, -0.2) is 0 Å². The Bertz CT molecular complexity index is 268. The highest BCUT2D eigenvalue weighted by Crippen LogP contribution is 2.37. The van der Waals surface area contributed by atoms with Crippen LogP contribution in [-0.2, 0) is 4.79 Å². The minimum Gasteiger partial charge on any atom is -0.303 e. The van der Waals surface area contributed by atoms with Crippen LogP contribution in [0.5, 0.6) is 0 Å². The molecule has 0 bridgehead atoms. The van der Waals surface area contributed by atoms with Crippen LogP contribution in [0.4, 0.5) is 0 Å². The molecule has 1 heterocycles. The molecule has 104 valence electrons. The molecule has 0 amide bonds. The first kappa shape index (κ1) is 14.0. The largest absolute Gasteiger partial charge is 0.303 e. The summed E-state index contributed by atoms with van der Waals surface area (Å²) in [6.45, 7) is 8.15. The number of hydrogen-bond donors (Lipinski definition) is 0. The summed E-state index contributed by atoms with van der Waals surface area (Å²) >= 11 is 0. The van der Waals surface area contributed by atoms with Crippen molar-refractivity contribution < 1.29 is 4.79 Å². The van der Waals surface area contributed by atoms with E-state index in [1.165, 1.54) is 51.5 Å². The normalized spacial score (nSPS) is 29.4. The van der Waals surface area contributed by atoms with Gasteiger partial charge < -0.3 is 9.69 Å². The van der Waals surface area contributed by atoms with E-state index in [0.29, 0.717) is 0 Å². The van der Waals surface area contributed by atoms with Gasteiger partial charge in [0.15, 0.2) is 0 Å². The highest BCUT2D eigenvalue weighted by molar-refractivity contribution is 5.60. The molecule has 2 rings (SSSR count). The molecule has 1 aliphatic carbocycles. The predicted octanol–water partition coefficient (Wildman–Crippen LogP) is 3.50. The molecule has 0 aromatic heterocycles. The predicted molar refractivity (Wildman–Crippen MR) is 75.6 cm³/mol. The topological polar surface area (TPSA) is 20.3 Å². The zero-order valence-corrected chi connectivity index (χ0v) is 12.2. The molecule has 1 unspecified atom stereocenters. The number of aldehydes is 1. The fourth-order valence-electron chi connectivity index (χ4n) is 3.84. The monoisotopic (exact) mass is 251 g/mol. The SMILES string of the molecule is CC(C)C1CCCN(CC2(C=O)CCCC2)CC1. The van der Waals surface area contributed by atoms with Gasteiger partial charge in [0, 0.05) is 12.0 Å². The first-order chi connectivity index (χ1) is 8.65. The highest BCUT2D eigenvalue weighted by atomic mass is 16.1. The Kier molecular flexibility index (Phi) is 4.83. The van der Waals surface area contributed by atoms with Crippen molar-refractivity contribution in [1.82, 2.24) is 4.90 Å². The van der Waals surface area contributed by atoms with Crippen molar-refractivity contribution in [2.24, 2.45) is 17.3 Å². The van der Waals surface area contributed by atoms with E-state index in [9.17, 15) is 4.79 Å². The zero-order valence-electron chi connectivity index (χ0n) is 12.2. The van der Waals surface area contributed by atoms with Crippen molar-refractivity contribution in [3.8, 4) is 0 Å². The van der Waals surface area contributed by atoms with E-state index in [1.807, 2.05) is 0 Å². The lowest BCUT2D eigenvalue weighted by Gasteiger charge is -2.30. The lowest BCUT2D eigenvalue weighted by Crippen LogP contribution is -2.38. The van der Waals surface area contributed by atoms with Crippen molar-refractivity contribution in [2.45, 2.75) is 58.8 Å². The van der Waals surface area contributed by atoms with Gasteiger partial charge in [-0.05, 0) is 57.0 Å². The molecule has 2 nitrogen and oxygen atoms in total. The summed E-state index contributed by atoms with van der Waals surface area (Å²) in [5, 5.41) is 0. The maximum Gasteiger partial charge on any atom is 0.127 e. The Morgan fingerprint density at radius 3 is 2.50 bits per heavy atom. The van der Waals surface area contributed by atoms with Crippen LogP contribution in [0.1, 0.15) is 58.8 Å². The molecule has 18 heavy (non-hydrogen) atoms. The van der Waals surface area contributed by atoms with Crippen molar-refractivity contribution in [1.29, 1.82) is 0 Å². The maximum absolute atomic E-state index is 11.4. The fraction of sp³-hybridized carbons (Fsp3) is 0.938. The third-order valence-corrected chi connectivity index (χ3v) is 5.20. The zero-order chi connectivity index (χ0) is 13.0. The van der Waals surface area contributed by atoms with E-state index in [-0.39, 0.29) is 5.41 Å². The Labute approximate surface area is 112 Å². The van der Waals surface area contributed by atoms with Crippen LogP contribution in [0.15, 0.2) is 0 Å². The standard InChI is InChI=1S/C16H29NO/c1-14(2)15-6-5-10-17(11-7-15)12-16(13-18)8-3-4-9-16/h13-15H,3-12H2,1-2H3. The van der Waals surface area contributed by atoms with Gasteiger partial charge in [-0.15, -0.1) is 0 Å². The second-order valence-electron chi connectivity index (χ2n) is 6.90. The maximum atomic E-state index is 11.4. The molecule has 0 aromatic carbocycles. The molecule has 2 heteroatoms. The smallest absolute Gasteiger partial charge is 0.127 e. The third-order valence-electron chi connectivity index (χ3n) is 5.20. The second-order valence-corrected chi connectivity index (χ2v) is 6.90. The summed E-state index contributed by atoms with van der Waals surface area (Å²) < 4.78 is 0. The molecule has 1 atom stereocenters. The van der Waals surface area contributed by atoms with Gasteiger partial charge in [0.05, 0.1) is 0 Å². The Morgan fingerprint density at radius 2 is 1.89 bits per heavy atom. The van der Waals surface area contributed by atoms with Crippen molar-refractivity contribution in [2.75, 3.05) is 19.6 Å². The summed E-state index contributed by atoms with van der Waals surface area (Å²) in [4.78, 5) is 14.0. The molecule has 1 saturated heterocycles. The molecule has 0 N–H and O–H groups in total.